The van der Waals surface area contributed by atoms with Gasteiger partial charge in [-0.1, -0.05) is 42.5 Å². The number of ether oxygens (including phenoxy) is 1. The summed E-state index contributed by atoms with van der Waals surface area (Å²) < 4.78 is 48.3. The van der Waals surface area contributed by atoms with Crippen LogP contribution in [0.4, 0.5) is 13.2 Å². The van der Waals surface area contributed by atoms with Crippen LogP contribution in [0.25, 0.3) is 10.8 Å². The molecule has 0 radical (unpaired) electrons. The highest BCUT2D eigenvalue weighted by Crippen LogP contribution is 2.25. The topological polar surface area (TPSA) is 33.0 Å². The molecular weight excluding hydrogens is 435 g/mol. The standard InChI is InChI=1S/C29H24F3NO/c1-2-34-24-12-6-19(7-13-24)3-4-20-8-14-25-23(15-20)11-10-22(29(25)32)9-5-21-16-27(30)26(18-33)28(31)17-21/h6-8,10-17H,2-5,9H2,1H3. The van der Waals surface area contributed by atoms with E-state index in [9.17, 15) is 8.78 Å². The van der Waals surface area contributed by atoms with Crippen LogP contribution in [0, 0.1) is 28.8 Å². The van der Waals surface area contributed by atoms with Crippen molar-refractivity contribution in [2.75, 3.05) is 6.61 Å². The molecule has 4 aromatic carbocycles. The summed E-state index contributed by atoms with van der Waals surface area (Å²) in [6.07, 6.45) is 2.27. The van der Waals surface area contributed by atoms with Crippen LogP contribution in [-0.2, 0) is 25.7 Å². The lowest BCUT2D eigenvalue weighted by Gasteiger charge is -2.10. The first-order chi connectivity index (χ1) is 16.5. The van der Waals surface area contributed by atoms with Crippen LogP contribution >= 0.6 is 0 Å². The second kappa shape index (κ2) is 10.4. The summed E-state index contributed by atoms with van der Waals surface area (Å²) in [6, 6.07) is 21.2. The summed E-state index contributed by atoms with van der Waals surface area (Å²) in [5, 5.41) is 10.1. The van der Waals surface area contributed by atoms with Crippen LogP contribution in [-0.4, -0.2) is 6.61 Å². The number of benzene rings is 4. The van der Waals surface area contributed by atoms with Crippen LogP contribution in [0.1, 0.15) is 34.7 Å². The zero-order valence-corrected chi connectivity index (χ0v) is 18.9. The Morgan fingerprint density at radius 1 is 0.735 bits per heavy atom. The zero-order valence-electron chi connectivity index (χ0n) is 18.9. The molecule has 0 aliphatic heterocycles. The van der Waals surface area contributed by atoms with Gasteiger partial charge in [-0.2, -0.15) is 5.26 Å². The quantitative estimate of drug-likeness (QED) is 0.282. The van der Waals surface area contributed by atoms with Gasteiger partial charge in [0, 0.05) is 5.39 Å². The highest BCUT2D eigenvalue weighted by atomic mass is 19.1. The fourth-order valence-corrected chi connectivity index (χ4v) is 4.10. The number of nitrogens with zero attached hydrogens (tertiary/aromatic N) is 1. The van der Waals surface area contributed by atoms with Crippen LogP contribution in [0.5, 0.6) is 5.75 Å². The third-order valence-electron chi connectivity index (χ3n) is 5.93. The fraction of sp³-hybridized carbons (Fsp3) is 0.207. The Balaban J connectivity index is 1.45. The van der Waals surface area contributed by atoms with E-state index in [1.807, 2.05) is 37.3 Å². The second-order valence-electron chi connectivity index (χ2n) is 8.22. The number of hydrogen-bond donors (Lipinski definition) is 0. The smallest absolute Gasteiger partial charge is 0.144 e. The van der Waals surface area contributed by atoms with Crippen molar-refractivity contribution in [2.24, 2.45) is 0 Å². The van der Waals surface area contributed by atoms with Gasteiger partial charge in [0.15, 0.2) is 0 Å². The molecule has 0 spiro atoms. The Hall–Kier alpha value is -3.78. The highest BCUT2D eigenvalue weighted by molar-refractivity contribution is 5.84. The Labute approximate surface area is 197 Å². The number of rotatable bonds is 8. The van der Waals surface area contributed by atoms with Crippen LogP contribution in [0.15, 0.2) is 66.7 Å². The number of nitriles is 1. The second-order valence-corrected chi connectivity index (χ2v) is 8.22. The predicted octanol–water partition coefficient (Wildman–Crippen LogP) is 7.10. The Morgan fingerprint density at radius 2 is 1.38 bits per heavy atom. The first kappa shape index (κ1) is 23.4. The maximum Gasteiger partial charge on any atom is 0.144 e. The molecule has 0 N–H and O–H groups in total. The molecule has 4 aromatic rings. The Kier molecular flexibility index (Phi) is 7.18. The lowest BCUT2D eigenvalue weighted by Crippen LogP contribution is -1.99. The van der Waals surface area contributed by atoms with E-state index >= 15 is 4.39 Å². The molecule has 4 rings (SSSR count). The predicted molar refractivity (Wildman–Crippen MR) is 127 cm³/mol. The molecule has 172 valence electrons. The normalized spacial score (nSPS) is 10.9. The van der Waals surface area contributed by atoms with Crippen molar-refractivity contribution in [1.82, 2.24) is 0 Å². The van der Waals surface area contributed by atoms with E-state index in [4.69, 9.17) is 10.00 Å². The summed E-state index contributed by atoms with van der Waals surface area (Å²) in [5.74, 6) is -1.24. The van der Waals surface area contributed by atoms with Gasteiger partial charge < -0.3 is 4.74 Å². The van der Waals surface area contributed by atoms with Gasteiger partial charge in [-0.15, -0.1) is 0 Å². The number of aryl methyl sites for hydroxylation is 4. The van der Waals surface area contributed by atoms with E-state index < -0.39 is 17.2 Å². The molecule has 0 aliphatic carbocycles. The van der Waals surface area contributed by atoms with Gasteiger partial charge in [0.05, 0.1) is 6.61 Å². The van der Waals surface area contributed by atoms with E-state index in [1.54, 1.807) is 12.1 Å². The zero-order chi connectivity index (χ0) is 24.1. The van der Waals surface area contributed by atoms with Gasteiger partial charge in [0.1, 0.15) is 34.8 Å². The maximum atomic E-state index is 15.1. The molecule has 34 heavy (non-hydrogen) atoms. The summed E-state index contributed by atoms with van der Waals surface area (Å²) in [6.45, 7) is 2.60. The maximum absolute atomic E-state index is 15.1. The van der Waals surface area contributed by atoms with E-state index in [2.05, 4.69) is 12.1 Å². The average molecular weight is 460 g/mol. The van der Waals surface area contributed by atoms with Crippen molar-refractivity contribution < 1.29 is 17.9 Å². The molecule has 0 heterocycles. The molecule has 5 heteroatoms. The van der Waals surface area contributed by atoms with Gasteiger partial charge >= 0.3 is 0 Å². The molecule has 2 nitrogen and oxygen atoms in total. The minimum Gasteiger partial charge on any atom is -0.494 e. The molecule has 0 saturated heterocycles. The van der Waals surface area contributed by atoms with Gasteiger partial charge in [0.25, 0.3) is 0 Å². The molecule has 0 aliphatic rings. The number of fused-ring (bicyclic) bond motifs is 1. The molecule has 0 atom stereocenters. The molecule has 0 fully saturated rings. The van der Waals surface area contributed by atoms with Crippen LogP contribution < -0.4 is 4.74 Å². The van der Waals surface area contributed by atoms with Gasteiger partial charge in [-0.3, -0.25) is 0 Å². The van der Waals surface area contributed by atoms with Crippen molar-refractivity contribution in [3.05, 3.63) is 112 Å². The summed E-state index contributed by atoms with van der Waals surface area (Å²) in [7, 11) is 0. The summed E-state index contributed by atoms with van der Waals surface area (Å²) in [4.78, 5) is 0. The largest absolute Gasteiger partial charge is 0.494 e. The van der Waals surface area contributed by atoms with E-state index in [1.165, 1.54) is 11.6 Å². The van der Waals surface area contributed by atoms with Gasteiger partial charge in [0.2, 0.25) is 0 Å². The van der Waals surface area contributed by atoms with Crippen LogP contribution in [0.2, 0.25) is 0 Å². The lowest BCUT2D eigenvalue weighted by molar-refractivity contribution is 0.340. The van der Waals surface area contributed by atoms with E-state index in [-0.39, 0.29) is 12.2 Å². The Bertz CT molecular complexity index is 1330. The highest BCUT2D eigenvalue weighted by Gasteiger charge is 2.13. The third kappa shape index (κ3) is 5.23. The molecule has 0 bridgehead atoms. The molecule has 0 aromatic heterocycles. The van der Waals surface area contributed by atoms with Crippen molar-refractivity contribution in [3.8, 4) is 11.8 Å². The summed E-state index contributed by atoms with van der Waals surface area (Å²) >= 11 is 0. The molecular formula is C29H24F3NO. The fourth-order valence-electron chi connectivity index (χ4n) is 4.10. The lowest BCUT2D eigenvalue weighted by atomic mass is 9.97. The van der Waals surface area contributed by atoms with Crippen molar-refractivity contribution >= 4 is 10.8 Å². The first-order valence-electron chi connectivity index (χ1n) is 11.3. The van der Waals surface area contributed by atoms with Crippen molar-refractivity contribution in [2.45, 2.75) is 32.6 Å². The minimum absolute atomic E-state index is 0.266. The van der Waals surface area contributed by atoms with Crippen molar-refractivity contribution in [1.29, 1.82) is 5.26 Å². The molecule has 0 saturated carbocycles. The van der Waals surface area contributed by atoms with E-state index in [0.29, 0.717) is 29.5 Å². The number of hydrogen-bond acceptors (Lipinski definition) is 2. The monoisotopic (exact) mass is 459 g/mol. The average Bonchev–Trinajstić information content (AvgIpc) is 2.83. The van der Waals surface area contributed by atoms with Crippen molar-refractivity contribution in [3.63, 3.8) is 0 Å². The minimum atomic E-state index is -0.894. The van der Waals surface area contributed by atoms with Gasteiger partial charge in [-0.25, -0.2) is 13.2 Å². The van der Waals surface area contributed by atoms with Crippen LogP contribution in [0.3, 0.4) is 0 Å². The van der Waals surface area contributed by atoms with Gasteiger partial charge in [-0.05, 0) is 84.5 Å². The number of halogens is 3. The first-order valence-corrected chi connectivity index (χ1v) is 11.3. The summed E-state index contributed by atoms with van der Waals surface area (Å²) in [5.41, 5.74) is 2.61. The molecule has 0 unspecified atom stereocenters. The Morgan fingerprint density at radius 3 is 2.06 bits per heavy atom. The SMILES string of the molecule is CCOc1ccc(CCc2ccc3c(F)c(CCc4cc(F)c(C#N)c(F)c4)ccc3c2)cc1. The third-order valence-corrected chi connectivity index (χ3v) is 5.93. The molecule has 0 amide bonds. The van der Waals surface area contributed by atoms with E-state index in [0.717, 1.165) is 41.7 Å².